The Bertz CT molecular complexity index is 1070. The molecule has 7 heteroatoms. The summed E-state index contributed by atoms with van der Waals surface area (Å²) in [6.07, 6.45) is 1.29. The van der Waals surface area contributed by atoms with Gasteiger partial charge in [0.2, 0.25) is 5.43 Å². The largest absolute Gasteiger partial charge is 0.493 e. The van der Waals surface area contributed by atoms with Gasteiger partial charge >= 0.3 is 5.97 Å². The molecule has 7 nitrogen and oxygen atoms in total. The van der Waals surface area contributed by atoms with Gasteiger partial charge in [-0.25, -0.2) is 0 Å². The van der Waals surface area contributed by atoms with Gasteiger partial charge in [0, 0.05) is 11.5 Å². The van der Waals surface area contributed by atoms with Crippen molar-refractivity contribution in [3.05, 3.63) is 64.4 Å². The van der Waals surface area contributed by atoms with E-state index in [1.165, 1.54) is 25.4 Å². The number of carbonyl (C=O) groups is 1. The molecule has 130 valence electrons. The van der Waals surface area contributed by atoms with Crippen LogP contribution in [0.4, 0.5) is 0 Å². The van der Waals surface area contributed by atoms with Crippen molar-refractivity contribution >= 4 is 16.9 Å². The van der Waals surface area contributed by atoms with Gasteiger partial charge in [0.05, 0.1) is 43.4 Å². The highest BCUT2D eigenvalue weighted by molar-refractivity contribution is 5.78. The molecule has 0 aliphatic rings. The number of hydrogen-bond donors (Lipinski definition) is 0. The molecule has 0 saturated heterocycles. The molecular formula is C19H15N3O4. The third-order valence-electron chi connectivity index (χ3n) is 3.81. The zero-order valence-electron chi connectivity index (χ0n) is 14.0. The van der Waals surface area contributed by atoms with Gasteiger partial charge in [-0.2, -0.15) is 10.4 Å². The van der Waals surface area contributed by atoms with E-state index < -0.39 is 5.97 Å². The molecule has 0 unspecified atom stereocenters. The Morgan fingerprint density at radius 1 is 1.23 bits per heavy atom. The molecule has 0 N–H and O–H groups in total. The Labute approximate surface area is 149 Å². The normalized spacial score (nSPS) is 10.3. The lowest BCUT2D eigenvalue weighted by Gasteiger charge is -2.11. The van der Waals surface area contributed by atoms with Gasteiger partial charge in [-0.3, -0.25) is 14.3 Å². The number of aryl methyl sites for hydroxylation is 1. The fraction of sp³-hybridized carbons (Fsp3) is 0.158. The Hall–Kier alpha value is -3.66. The number of hydrogen-bond acceptors (Lipinski definition) is 6. The highest BCUT2D eigenvalue weighted by atomic mass is 16.6. The third kappa shape index (κ3) is 3.54. The van der Waals surface area contributed by atoms with Gasteiger partial charge in [-0.05, 0) is 24.3 Å². The predicted molar refractivity (Wildman–Crippen MR) is 94.0 cm³/mol. The van der Waals surface area contributed by atoms with Gasteiger partial charge in [0.25, 0.3) is 0 Å². The molecule has 0 aliphatic heterocycles. The summed E-state index contributed by atoms with van der Waals surface area (Å²) in [7, 11) is 1.43. The Morgan fingerprint density at radius 2 is 2.04 bits per heavy atom. The number of nitriles is 1. The first-order valence-electron chi connectivity index (χ1n) is 7.86. The minimum Gasteiger partial charge on any atom is -0.493 e. The second-order valence-corrected chi connectivity index (χ2v) is 5.45. The predicted octanol–water partition coefficient (Wildman–Crippen LogP) is 2.27. The number of ether oxygens (including phenoxy) is 2. The summed E-state index contributed by atoms with van der Waals surface area (Å²) in [5.74, 6) is 0.0798. The summed E-state index contributed by atoms with van der Waals surface area (Å²) in [5.41, 5.74) is 0.899. The standard InChI is InChI=1S/C19H15N3O4/c1-25-18-10-13(11-20)6-7-17(18)26-19(24)8-9-22-15-5-3-2-4-14(15)16(23)12-21-22/h2-7,10,12H,8-9H2,1H3. The fourth-order valence-electron chi connectivity index (χ4n) is 2.53. The molecule has 0 spiro atoms. The summed E-state index contributed by atoms with van der Waals surface area (Å²) >= 11 is 0. The Balaban J connectivity index is 1.74. The molecule has 0 amide bonds. The molecule has 0 fully saturated rings. The van der Waals surface area contributed by atoms with Gasteiger partial charge in [-0.1, -0.05) is 12.1 Å². The first kappa shape index (κ1) is 17.2. The van der Waals surface area contributed by atoms with E-state index in [0.717, 1.165) is 0 Å². The monoisotopic (exact) mass is 349 g/mol. The molecule has 0 bridgehead atoms. The Kier molecular flexibility index (Phi) is 4.94. The average Bonchev–Trinajstić information content (AvgIpc) is 2.68. The number of esters is 1. The van der Waals surface area contributed by atoms with E-state index in [9.17, 15) is 9.59 Å². The lowest BCUT2D eigenvalue weighted by molar-refractivity contribution is -0.134. The second-order valence-electron chi connectivity index (χ2n) is 5.45. The number of aromatic nitrogens is 2. The maximum absolute atomic E-state index is 12.2. The smallest absolute Gasteiger partial charge is 0.313 e. The van der Waals surface area contributed by atoms with E-state index >= 15 is 0 Å². The molecule has 0 radical (unpaired) electrons. The maximum Gasteiger partial charge on any atom is 0.313 e. The zero-order valence-corrected chi connectivity index (χ0v) is 14.0. The van der Waals surface area contributed by atoms with Crippen molar-refractivity contribution in [3.8, 4) is 17.6 Å². The van der Waals surface area contributed by atoms with Crippen molar-refractivity contribution in [3.63, 3.8) is 0 Å². The summed E-state index contributed by atoms with van der Waals surface area (Å²) in [4.78, 5) is 24.0. The lowest BCUT2D eigenvalue weighted by atomic mass is 10.2. The molecular weight excluding hydrogens is 334 g/mol. The van der Waals surface area contributed by atoms with E-state index in [1.54, 1.807) is 35.0 Å². The van der Waals surface area contributed by atoms with Crippen molar-refractivity contribution in [2.45, 2.75) is 13.0 Å². The minimum absolute atomic E-state index is 0.0586. The van der Waals surface area contributed by atoms with Crippen LogP contribution in [0.25, 0.3) is 10.9 Å². The van der Waals surface area contributed by atoms with E-state index in [4.69, 9.17) is 14.7 Å². The van der Waals surface area contributed by atoms with Crippen LogP contribution in [-0.4, -0.2) is 22.9 Å². The lowest BCUT2D eigenvalue weighted by Crippen LogP contribution is -2.16. The first-order valence-corrected chi connectivity index (χ1v) is 7.86. The molecule has 1 heterocycles. The van der Waals surface area contributed by atoms with E-state index in [1.807, 2.05) is 6.07 Å². The molecule has 3 rings (SSSR count). The number of fused-ring (bicyclic) bond motifs is 1. The van der Waals surface area contributed by atoms with Crippen LogP contribution in [0, 0.1) is 11.3 Å². The van der Waals surface area contributed by atoms with Crippen LogP contribution in [0.15, 0.2) is 53.5 Å². The van der Waals surface area contributed by atoms with Crippen molar-refractivity contribution in [2.24, 2.45) is 0 Å². The number of methoxy groups -OCH3 is 1. The van der Waals surface area contributed by atoms with Gasteiger partial charge in [0.15, 0.2) is 11.5 Å². The van der Waals surface area contributed by atoms with Gasteiger partial charge in [-0.15, -0.1) is 0 Å². The highest BCUT2D eigenvalue weighted by Gasteiger charge is 2.12. The number of nitrogens with zero attached hydrogens (tertiary/aromatic N) is 3. The fourth-order valence-corrected chi connectivity index (χ4v) is 2.53. The van der Waals surface area contributed by atoms with Crippen LogP contribution in [0.2, 0.25) is 0 Å². The SMILES string of the molecule is COc1cc(C#N)ccc1OC(=O)CCn1ncc(=O)c2ccccc21. The van der Waals surface area contributed by atoms with Crippen molar-refractivity contribution in [1.82, 2.24) is 9.78 Å². The van der Waals surface area contributed by atoms with Crippen LogP contribution in [0.3, 0.4) is 0 Å². The third-order valence-corrected chi connectivity index (χ3v) is 3.81. The van der Waals surface area contributed by atoms with E-state index in [0.29, 0.717) is 22.2 Å². The zero-order chi connectivity index (χ0) is 18.5. The number of para-hydroxylation sites is 1. The van der Waals surface area contributed by atoms with Gasteiger partial charge < -0.3 is 9.47 Å². The molecule has 1 aromatic heterocycles. The van der Waals surface area contributed by atoms with Crippen LogP contribution >= 0.6 is 0 Å². The van der Waals surface area contributed by atoms with E-state index in [-0.39, 0.29) is 24.1 Å². The molecule has 3 aromatic rings. The van der Waals surface area contributed by atoms with Crippen molar-refractivity contribution in [2.75, 3.05) is 7.11 Å². The summed E-state index contributed by atoms with van der Waals surface area (Å²) in [6, 6.07) is 13.6. The molecule has 2 aromatic carbocycles. The van der Waals surface area contributed by atoms with Crippen molar-refractivity contribution < 1.29 is 14.3 Å². The Morgan fingerprint density at radius 3 is 2.81 bits per heavy atom. The first-order chi connectivity index (χ1) is 12.6. The van der Waals surface area contributed by atoms with Crippen LogP contribution < -0.4 is 14.9 Å². The van der Waals surface area contributed by atoms with Crippen LogP contribution in [-0.2, 0) is 11.3 Å². The number of benzene rings is 2. The van der Waals surface area contributed by atoms with E-state index in [2.05, 4.69) is 5.10 Å². The van der Waals surface area contributed by atoms with Gasteiger partial charge in [0.1, 0.15) is 0 Å². The average molecular weight is 349 g/mol. The quantitative estimate of drug-likeness (QED) is 0.518. The summed E-state index contributed by atoms with van der Waals surface area (Å²) < 4.78 is 12.1. The molecule has 0 saturated carbocycles. The molecule has 0 aliphatic carbocycles. The van der Waals surface area contributed by atoms with Crippen LogP contribution in [0.5, 0.6) is 11.5 Å². The number of carbonyl (C=O) groups excluding carboxylic acids is 1. The summed E-state index contributed by atoms with van der Waals surface area (Å²) in [6.45, 7) is 0.262. The molecule has 0 atom stereocenters. The molecule has 26 heavy (non-hydrogen) atoms. The van der Waals surface area contributed by atoms with Crippen molar-refractivity contribution in [1.29, 1.82) is 5.26 Å². The maximum atomic E-state index is 12.2. The minimum atomic E-state index is -0.474. The topological polar surface area (TPSA) is 94.2 Å². The number of rotatable bonds is 5. The second kappa shape index (κ2) is 7.49. The van der Waals surface area contributed by atoms with Crippen LogP contribution in [0.1, 0.15) is 12.0 Å². The highest BCUT2D eigenvalue weighted by Crippen LogP contribution is 2.28. The summed E-state index contributed by atoms with van der Waals surface area (Å²) in [5, 5.41) is 13.5.